The molecule has 0 aliphatic heterocycles. The first-order chi connectivity index (χ1) is 10.2. The van der Waals surface area contributed by atoms with E-state index in [9.17, 15) is 4.39 Å². The molecule has 0 aliphatic rings. The molecule has 21 heavy (non-hydrogen) atoms. The third-order valence-corrected chi connectivity index (χ3v) is 3.41. The van der Waals surface area contributed by atoms with Gasteiger partial charge in [0.1, 0.15) is 5.82 Å². The molecule has 0 aromatic heterocycles. The molecule has 0 nitrogen and oxygen atoms in total. The Hall–Kier alpha value is -2.07. The van der Waals surface area contributed by atoms with Gasteiger partial charge in [-0.2, -0.15) is 0 Å². The lowest BCUT2D eigenvalue weighted by Crippen LogP contribution is -1.99. The SMILES string of the molecule is CCCc1cc(F)cc(CCC)c1C#Cc1ccccc1. The van der Waals surface area contributed by atoms with Crippen molar-refractivity contribution in [2.45, 2.75) is 39.5 Å². The Kier molecular flexibility index (Phi) is 5.58. The largest absolute Gasteiger partial charge is 0.207 e. The summed E-state index contributed by atoms with van der Waals surface area (Å²) in [6.45, 7) is 4.22. The maximum Gasteiger partial charge on any atom is 0.123 e. The molecule has 0 spiro atoms. The van der Waals surface area contributed by atoms with Gasteiger partial charge in [0.25, 0.3) is 0 Å². The van der Waals surface area contributed by atoms with Crippen molar-refractivity contribution in [1.29, 1.82) is 0 Å². The average Bonchev–Trinajstić information content (AvgIpc) is 2.48. The van der Waals surface area contributed by atoms with E-state index in [1.165, 1.54) is 0 Å². The number of benzene rings is 2. The normalized spacial score (nSPS) is 10.0. The zero-order chi connectivity index (χ0) is 15.1. The van der Waals surface area contributed by atoms with E-state index in [4.69, 9.17) is 0 Å². The maximum absolute atomic E-state index is 13.8. The van der Waals surface area contributed by atoms with Crippen LogP contribution in [0.5, 0.6) is 0 Å². The number of aryl methyl sites for hydroxylation is 2. The molecule has 0 aliphatic carbocycles. The third kappa shape index (κ3) is 4.20. The molecule has 0 saturated carbocycles. The minimum Gasteiger partial charge on any atom is -0.207 e. The standard InChI is InChI=1S/C20H21F/c1-3-8-17-14-19(21)15-18(9-4-2)20(17)13-12-16-10-6-5-7-11-16/h5-7,10-11,14-15H,3-4,8-9H2,1-2H3. The molecule has 0 atom stereocenters. The number of rotatable bonds is 4. The summed E-state index contributed by atoms with van der Waals surface area (Å²) >= 11 is 0. The highest BCUT2D eigenvalue weighted by molar-refractivity contribution is 5.51. The third-order valence-electron chi connectivity index (χ3n) is 3.41. The summed E-state index contributed by atoms with van der Waals surface area (Å²) in [4.78, 5) is 0. The molecule has 2 rings (SSSR count). The van der Waals surface area contributed by atoms with Crippen LogP contribution in [0.2, 0.25) is 0 Å². The van der Waals surface area contributed by atoms with Crippen LogP contribution in [0.1, 0.15) is 48.9 Å². The van der Waals surface area contributed by atoms with Crippen molar-refractivity contribution in [3.63, 3.8) is 0 Å². The fraction of sp³-hybridized carbons (Fsp3) is 0.300. The monoisotopic (exact) mass is 280 g/mol. The molecule has 0 amide bonds. The Morgan fingerprint density at radius 2 is 1.43 bits per heavy atom. The van der Waals surface area contributed by atoms with E-state index >= 15 is 0 Å². The second kappa shape index (κ2) is 7.64. The Labute approximate surface area is 127 Å². The van der Waals surface area contributed by atoms with E-state index in [1.807, 2.05) is 30.3 Å². The maximum atomic E-state index is 13.8. The van der Waals surface area contributed by atoms with Crippen LogP contribution in [0.4, 0.5) is 4.39 Å². The minimum absolute atomic E-state index is 0.146. The van der Waals surface area contributed by atoms with Crippen molar-refractivity contribution in [2.75, 3.05) is 0 Å². The van der Waals surface area contributed by atoms with Crippen molar-refractivity contribution >= 4 is 0 Å². The molecule has 0 unspecified atom stereocenters. The van der Waals surface area contributed by atoms with Gasteiger partial charge in [-0.25, -0.2) is 4.39 Å². The first-order valence-corrected chi connectivity index (χ1v) is 7.63. The minimum atomic E-state index is -0.146. The van der Waals surface area contributed by atoms with Crippen molar-refractivity contribution in [3.05, 3.63) is 70.5 Å². The zero-order valence-corrected chi connectivity index (χ0v) is 12.7. The van der Waals surface area contributed by atoms with Crippen LogP contribution < -0.4 is 0 Å². The lowest BCUT2D eigenvalue weighted by molar-refractivity contribution is 0.621. The highest BCUT2D eigenvalue weighted by Crippen LogP contribution is 2.20. The van der Waals surface area contributed by atoms with Crippen LogP contribution in [-0.2, 0) is 12.8 Å². The van der Waals surface area contributed by atoms with Gasteiger partial charge in [-0.15, -0.1) is 0 Å². The van der Waals surface area contributed by atoms with Crippen LogP contribution >= 0.6 is 0 Å². The van der Waals surface area contributed by atoms with Gasteiger partial charge in [0.15, 0.2) is 0 Å². The fourth-order valence-corrected chi connectivity index (χ4v) is 2.47. The molecule has 108 valence electrons. The predicted molar refractivity (Wildman–Crippen MR) is 86.8 cm³/mol. The predicted octanol–water partition coefficient (Wildman–Crippen LogP) is 5.13. The van der Waals surface area contributed by atoms with Crippen molar-refractivity contribution in [1.82, 2.24) is 0 Å². The van der Waals surface area contributed by atoms with Gasteiger partial charge in [0.05, 0.1) is 0 Å². The molecule has 2 aromatic carbocycles. The van der Waals surface area contributed by atoms with Crippen molar-refractivity contribution in [3.8, 4) is 11.8 Å². The lowest BCUT2D eigenvalue weighted by Gasteiger charge is -2.10. The van der Waals surface area contributed by atoms with Crippen LogP contribution in [-0.4, -0.2) is 0 Å². The van der Waals surface area contributed by atoms with E-state index < -0.39 is 0 Å². The van der Waals surface area contributed by atoms with E-state index in [2.05, 4.69) is 25.7 Å². The highest BCUT2D eigenvalue weighted by atomic mass is 19.1. The molecule has 0 saturated heterocycles. The number of hydrogen-bond donors (Lipinski definition) is 0. The van der Waals surface area contributed by atoms with Gasteiger partial charge in [-0.1, -0.05) is 56.7 Å². The zero-order valence-electron chi connectivity index (χ0n) is 12.7. The van der Waals surface area contributed by atoms with Gasteiger partial charge in [-0.05, 0) is 48.2 Å². The number of halogens is 1. The van der Waals surface area contributed by atoms with E-state index in [1.54, 1.807) is 12.1 Å². The molecule has 0 N–H and O–H groups in total. The Bertz CT molecular complexity index is 618. The highest BCUT2D eigenvalue weighted by Gasteiger charge is 2.08. The Balaban J connectivity index is 2.47. The second-order valence-electron chi connectivity index (χ2n) is 5.22. The van der Waals surface area contributed by atoms with E-state index in [0.717, 1.165) is 47.9 Å². The van der Waals surface area contributed by atoms with Gasteiger partial charge in [0.2, 0.25) is 0 Å². The van der Waals surface area contributed by atoms with Gasteiger partial charge in [0, 0.05) is 11.1 Å². The Morgan fingerprint density at radius 3 is 1.95 bits per heavy atom. The molecule has 1 heteroatoms. The molecule has 0 fully saturated rings. The fourth-order valence-electron chi connectivity index (χ4n) is 2.47. The topological polar surface area (TPSA) is 0 Å². The van der Waals surface area contributed by atoms with E-state index in [0.29, 0.717) is 0 Å². The second-order valence-corrected chi connectivity index (χ2v) is 5.22. The summed E-state index contributed by atoms with van der Waals surface area (Å²) < 4.78 is 13.8. The first kappa shape index (κ1) is 15.3. The molecule has 0 heterocycles. The molecular formula is C20H21F. The summed E-state index contributed by atoms with van der Waals surface area (Å²) in [6.07, 6.45) is 3.73. The van der Waals surface area contributed by atoms with Crippen LogP contribution in [0, 0.1) is 17.7 Å². The summed E-state index contributed by atoms with van der Waals surface area (Å²) in [6, 6.07) is 13.2. The van der Waals surface area contributed by atoms with Gasteiger partial charge in [-0.3, -0.25) is 0 Å². The summed E-state index contributed by atoms with van der Waals surface area (Å²) in [5.41, 5.74) is 4.07. The van der Waals surface area contributed by atoms with Crippen molar-refractivity contribution < 1.29 is 4.39 Å². The molecule has 0 bridgehead atoms. The number of hydrogen-bond acceptors (Lipinski definition) is 0. The van der Waals surface area contributed by atoms with Crippen LogP contribution in [0.15, 0.2) is 42.5 Å². The first-order valence-electron chi connectivity index (χ1n) is 7.63. The molecule has 0 radical (unpaired) electrons. The molecular weight excluding hydrogens is 259 g/mol. The van der Waals surface area contributed by atoms with E-state index in [-0.39, 0.29) is 5.82 Å². The van der Waals surface area contributed by atoms with Gasteiger partial charge >= 0.3 is 0 Å². The van der Waals surface area contributed by atoms with Crippen LogP contribution in [0.25, 0.3) is 0 Å². The quantitative estimate of drug-likeness (QED) is 0.681. The summed E-state index contributed by atoms with van der Waals surface area (Å²) in [5.74, 6) is 6.34. The molecule has 2 aromatic rings. The summed E-state index contributed by atoms with van der Waals surface area (Å²) in [7, 11) is 0. The summed E-state index contributed by atoms with van der Waals surface area (Å²) in [5, 5.41) is 0. The Morgan fingerprint density at radius 1 is 0.857 bits per heavy atom. The average molecular weight is 280 g/mol. The van der Waals surface area contributed by atoms with Gasteiger partial charge < -0.3 is 0 Å². The van der Waals surface area contributed by atoms with Crippen LogP contribution in [0.3, 0.4) is 0 Å². The lowest BCUT2D eigenvalue weighted by atomic mass is 9.95. The smallest absolute Gasteiger partial charge is 0.123 e. The van der Waals surface area contributed by atoms with Crippen molar-refractivity contribution in [2.24, 2.45) is 0 Å².